The van der Waals surface area contributed by atoms with Crippen molar-refractivity contribution in [2.45, 2.75) is 26.4 Å². The van der Waals surface area contributed by atoms with E-state index in [1.54, 1.807) is 30.5 Å². The number of nitrogens with one attached hydrogen (secondary N) is 2. The monoisotopic (exact) mass is 531 g/mol. The van der Waals surface area contributed by atoms with Crippen molar-refractivity contribution in [2.24, 2.45) is 4.99 Å². The maximum absolute atomic E-state index is 12.5. The summed E-state index contributed by atoms with van der Waals surface area (Å²) in [5.41, 5.74) is 7.11. The van der Waals surface area contributed by atoms with Gasteiger partial charge in [-0.3, -0.25) is 4.98 Å². The molecule has 1 saturated heterocycles. The molecule has 0 bridgehead atoms. The standard InChI is InChI=1S/C29H30ClN5O3/c1-19-2-5-22-16-23(30)17-31-27(22)28(35-12-14-38-15-13-35)34-26(19)21-6-10-25(11-7-21)33-29(37)32-24-8-3-20(18-36)4-9-24/h3-4,6-11,16-17,36H,2,5,12-15,18H2,1H3,(H2,32,33,37). The van der Waals surface area contributed by atoms with Crippen LogP contribution in [0.25, 0.3) is 5.70 Å². The molecular formula is C29H30ClN5O3. The minimum Gasteiger partial charge on any atom is -0.392 e. The molecule has 5 rings (SSSR count). The minimum atomic E-state index is -0.343. The molecule has 2 aliphatic rings. The van der Waals surface area contributed by atoms with Gasteiger partial charge in [0.15, 0.2) is 5.84 Å². The summed E-state index contributed by atoms with van der Waals surface area (Å²) in [6.45, 7) is 4.86. The number of aliphatic imine (C=N–C) groups is 1. The van der Waals surface area contributed by atoms with E-state index in [-0.39, 0.29) is 12.6 Å². The third kappa shape index (κ3) is 6.05. The highest BCUT2D eigenvalue weighted by molar-refractivity contribution is 6.30. The van der Waals surface area contributed by atoms with Gasteiger partial charge < -0.3 is 25.4 Å². The Morgan fingerprint density at radius 1 is 1.03 bits per heavy atom. The van der Waals surface area contributed by atoms with Crippen molar-refractivity contribution in [1.82, 2.24) is 9.88 Å². The van der Waals surface area contributed by atoms with Crippen molar-refractivity contribution < 1.29 is 14.6 Å². The second-order valence-electron chi connectivity index (χ2n) is 9.34. The number of carbonyl (C=O) groups excluding carboxylic acids is 1. The molecule has 2 aromatic carbocycles. The van der Waals surface area contributed by atoms with E-state index in [1.807, 2.05) is 30.3 Å². The SMILES string of the molecule is CC1=C(c2ccc(NC(=O)Nc3ccc(CO)cc3)cc2)N=C(N2CCOCC2)c2ncc(Cl)cc2CC1. The lowest BCUT2D eigenvalue weighted by molar-refractivity contribution is 0.0682. The molecular weight excluding hydrogens is 502 g/mol. The number of morpholine rings is 1. The van der Waals surface area contributed by atoms with E-state index in [0.717, 1.165) is 59.8 Å². The molecule has 1 aromatic heterocycles. The summed E-state index contributed by atoms with van der Waals surface area (Å²) in [6.07, 6.45) is 3.34. The minimum absolute atomic E-state index is 0.0376. The molecule has 3 aromatic rings. The van der Waals surface area contributed by atoms with Gasteiger partial charge in [0.2, 0.25) is 0 Å². The second-order valence-corrected chi connectivity index (χ2v) is 9.77. The Hall–Kier alpha value is -3.72. The maximum atomic E-state index is 12.5. The number of amides is 2. The first-order chi connectivity index (χ1) is 18.5. The highest BCUT2D eigenvalue weighted by Gasteiger charge is 2.24. The van der Waals surface area contributed by atoms with E-state index in [9.17, 15) is 9.90 Å². The Morgan fingerprint density at radius 3 is 2.34 bits per heavy atom. The van der Waals surface area contributed by atoms with Crippen LogP contribution >= 0.6 is 11.6 Å². The number of fused-ring (bicyclic) bond motifs is 1. The largest absolute Gasteiger partial charge is 0.392 e. The molecule has 0 saturated carbocycles. The van der Waals surface area contributed by atoms with Gasteiger partial charge in [0, 0.05) is 36.2 Å². The smallest absolute Gasteiger partial charge is 0.323 e. The molecule has 2 amide bonds. The van der Waals surface area contributed by atoms with Gasteiger partial charge in [0.25, 0.3) is 0 Å². The van der Waals surface area contributed by atoms with Crippen LogP contribution in [-0.4, -0.2) is 53.2 Å². The van der Waals surface area contributed by atoms with Gasteiger partial charge in [-0.05, 0) is 66.8 Å². The van der Waals surface area contributed by atoms with Gasteiger partial charge in [-0.2, -0.15) is 0 Å². The van der Waals surface area contributed by atoms with Crippen LogP contribution in [0.5, 0.6) is 0 Å². The molecule has 3 heterocycles. The number of carbonyl (C=O) groups is 1. The zero-order valence-corrected chi connectivity index (χ0v) is 22.0. The Bertz CT molecular complexity index is 1360. The van der Waals surface area contributed by atoms with Crippen LogP contribution in [0.2, 0.25) is 5.02 Å². The van der Waals surface area contributed by atoms with E-state index >= 15 is 0 Å². The third-order valence-corrected chi connectivity index (χ3v) is 6.86. The number of aromatic nitrogens is 1. The highest BCUT2D eigenvalue weighted by atomic mass is 35.5. The van der Waals surface area contributed by atoms with Gasteiger partial charge in [-0.1, -0.05) is 35.9 Å². The molecule has 8 nitrogen and oxygen atoms in total. The number of aryl methyl sites for hydroxylation is 1. The number of halogens is 1. The van der Waals surface area contributed by atoms with Crippen molar-refractivity contribution in [3.05, 3.63) is 93.8 Å². The Morgan fingerprint density at radius 2 is 1.68 bits per heavy atom. The molecule has 38 heavy (non-hydrogen) atoms. The number of hydrogen-bond donors (Lipinski definition) is 3. The molecule has 9 heteroatoms. The van der Waals surface area contributed by atoms with Crippen LogP contribution in [0.15, 0.2) is 71.4 Å². The van der Waals surface area contributed by atoms with Crippen molar-refractivity contribution in [3.63, 3.8) is 0 Å². The number of nitrogens with zero attached hydrogens (tertiary/aromatic N) is 3. The number of aliphatic hydroxyl groups excluding tert-OH is 1. The number of amidine groups is 1. The van der Waals surface area contributed by atoms with Crippen LogP contribution in [0.1, 0.15) is 35.7 Å². The summed E-state index contributed by atoms with van der Waals surface area (Å²) in [5, 5.41) is 15.5. The molecule has 196 valence electrons. The lowest BCUT2D eigenvalue weighted by atomic mass is 9.97. The maximum Gasteiger partial charge on any atom is 0.323 e. The van der Waals surface area contributed by atoms with E-state index in [2.05, 4.69) is 27.4 Å². The van der Waals surface area contributed by atoms with Gasteiger partial charge >= 0.3 is 6.03 Å². The van der Waals surface area contributed by atoms with Crippen LogP contribution in [0.3, 0.4) is 0 Å². The number of rotatable bonds is 4. The summed E-state index contributed by atoms with van der Waals surface area (Å²) in [6, 6.07) is 16.4. The second kappa shape index (κ2) is 11.8. The molecule has 0 atom stereocenters. The number of allylic oxidation sites excluding steroid dienone is 1. The van der Waals surface area contributed by atoms with Gasteiger partial charge in [0.1, 0.15) is 5.69 Å². The van der Waals surface area contributed by atoms with Crippen molar-refractivity contribution >= 4 is 40.5 Å². The molecule has 2 aliphatic heterocycles. The average Bonchev–Trinajstić information content (AvgIpc) is 2.93. The number of aliphatic hydroxyl groups is 1. The third-order valence-electron chi connectivity index (χ3n) is 6.66. The quantitative estimate of drug-likeness (QED) is 0.423. The summed E-state index contributed by atoms with van der Waals surface area (Å²) in [4.78, 5) is 24.6. The molecule has 0 unspecified atom stereocenters. The highest BCUT2D eigenvalue weighted by Crippen LogP contribution is 2.30. The zero-order chi connectivity index (χ0) is 26.5. The fourth-order valence-corrected chi connectivity index (χ4v) is 4.75. The molecule has 3 N–H and O–H groups in total. The van der Waals surface area contributed by atoms with Gasteiger partial charge in [-0.25, -0.2) is 9.79 Å². The average molecular weight is 532 g/mol. The number of benzene rings is 2. The number of anilines is 2. The molecule has 1 fully saturated rings. The van der Waals surface area contributed by atoms with Crippen LogP contribution in [0.4, 0.5) is 16.2 Å². The number of hydrogen-bond acceptors (Lipinski definition) is 6. The summed E-state index contributed by atoms with van der Waals surface area (Å²) >= 11 is 6.28. The first kappa shape index (κ1) is 25.9. The Balaban J connectivity index is 1.38. The first-order valence-corrected chi connectivity index (χ1v) is 13.0. The van der Waals surface area contributed by atoms with Crippen LogP contribution < -0.4 is 10.6 Å². The lowest BCUT2D eigenvalue weighted by Gasteiger charge is -2.31. The van der Waals surface area contributed by atoms with Crippen molar-refractivity contribution in [3.8, 4) is 0 Å². The number of pyridine rings is 1. The van der Waals surface area contributed by atoms with Crippen molar-refractivity contribution in [1.29, 1.82) is 0 Å². The topological polar surface area (TPSA) is 99.1 Å². The summed E-state index contributed by atoms with van der Waals surface area (Å²) < 4.78 is 5.58. The fraction of sp³-hybridized carbons (Fsp3) is 0.276. The number of ether oxygens (including phenoxy) is 1. The van der Waals surface area contributed by atoms with Gasteiger partial charge in [0.05, 0.1) is 30.5 Å². The van der Waals surface area contributed by atoms with E-state index in [4.69, 9.17) is 21.3 Å². The number of urea groups is 1. The van der Waals surface area contributed by atoms with Crippen LogP contribution in [-0.2, 0) is 17.8 Å². The fourth-order valence-electron chi connectivity index (χ4n) is 4.57. The normalized spacial score (nSPS) is 15.8. The molecule has 0 aliphatic carbocycles. The van der Waals surface area contributed by atoms with Crippen molar-refractivity contribution in [2.75, 3.05) is 36.9 Å². The van der Waals surface area contributed by atoms with Gasteiger partial charge in [-0.15, -0.1) is 0 Å². The summed E-state index contributed by atoms with van der Waals surface area (Å²) in [7, 11) is 0. The van der Waals surface area contributed by atoms with E-state index in [1.165, 1.54) is 5.57 Å². The Kier molecular flexibility index (Phi) is 8.03. The summed E-state index contributed by atoms with van der Waals surface area (Å²) in [5.74, 6) is 0.836. The van der Waals surface area contributed by atoms with Crippen LogP contribution in [0, 0.1) is 0 Å². The predicted octanol–water partition coefficient (Wildman–Crippen LogP) is 5.33. The predicted molar refractivity (Wildman–Crippen MR) is 151 cm³/mol. The molecule has 0 radical (unpaired) electrons. The lowest BCUT2D eigenvalue weighted by Crippen LogP contribution is -2.42. The molecule has 0 spiro atoms. The first-order valence-electron chi connectivity index (χ1n) is 12.6. The Labute approximate surface area is 227 Å². The van der Waals surface area contributed by atoms with E-state index < -0.39 is 0 Å². The van der Waals surface area contributed by atoms with E-state index in [0.29, 0.717) is 29.6 Å². The zero-order valence-electron chi connectivity index (χ0n) is 21.2.